The Morgan fingerprint density at radius 1 is 1.17 bits per heavy atom. The monoisotopic (exact) mass is 325 g/mol. The average molecular weight is 325 g/mol. The number of benzene rings is 2. The van der Waals surface area contributed by atoms with Crippen LogP contribution in [0.1, 0.15) is 23.2 Å². The van der Waals surface area contributed by atoms with Gasteiger partial charge in [0.25, 0.3) is 11.6 Å². The van der Waals surface area contributed by atoms with E-state index in [0.717, 1.165) is 6.42 Å². The third kappa shape index (κ3) is 3.10. The van der Waals surface area contributed by atoms with E-state index in [2.05, 4.69) is 5.32 Å². The molecule has 0 spiro atoms. The van der Waals surface area contributed by atoms with Gasteiger partial charge in [-0.3, -0.25) is 19.7 Å². The number of nitrogens with one attached hydrogen (secondary N) is 1. The molecule has 0 saturated carbocycles. The van der Waals surface area contributed by atoms with E-state index in [1.54, 1.807) is 35.2 Å². The van der Waals surface area contributed by atoms with E-state index >= 15 is 0 Å². The van der Waals surface area contributed by atoms with E-state index in [9.17, 15) is 19.7 Å². The molecule has 1 fully saturated rings. The van der Waals surface area contributed by atoms with Crippen molar-refractivity contribution in [1.29, 1.82) is 0 Å². The lowest BCUT2D eigenvalue weighted by Gasteiger charge is -2.19. The van der Waals surface area contributed by atoms with Gasteiger partial charge in [-0.25, -0.2) is 0 Å². The molecule has 1 saturated heterocycles. The molecular formula is C17H15N3O4. The van der Waals surface area contributed by atoms with Gasteiger partial charge in [-0.1, -0.05) is 18.2 Å². The van der Waals surface area contributed by atoms with Crippen molar-refractivity contribution in [1.82, 2.24) is 0 Å². The van der Waals surface area contributed by atoms with Gasteiger partial charge in [0.1, 0.15) is 0 Å². The first kappa shape index (κ1) is 15.7. The van der Waals surface area contributed by atoms with E-state index in [0.29, 0.717) is 29.9 Å². The second-order valence-corrected chi connectivity index (χ2v) is 5.43. The number of amides is 2. The van der Waals surface area contributed by atoms with Crippen LogP contribution in [0.4, 0.5) is 17.1 Å². The summed E-state index contributed by atoms with van der Waals surface area (Å²) in [5, 5.41) is 13.5. The van der Waals surface area contributed by atoms with Gasteiger partial charge >= 0.3 is 0 Å². The number of para-hydroxylation sites is 1. The molecule has 0 radical (unpaired) electrons. The molecule has 2 aromatic carbocycles. The molecule has 3 rings (SSSR count). The minimum absolute atomic E-state index is 0.00870. The largest absolute Gasteiger partial charge is 0.322 e. The summed E-state index contributed by atoms with van der Waals surface area (Å²) in [5.41, 5.74) is 1.15. The zero-order valence-corrected chi connectivity index (χ0v) is 12.8. The zero-order valence-electron chi connectivity index (χ0n) is 12.8. The maximum atomic E-state index is 12.6. The first-order valence-corrected chi connectivity index (χ1v) is 7.51. The normalized spacial score (nSPS) is 13.8. The van der Waals surface area contributed by atoms with Crippen molar-refractivity contribution in [3.8, 4) is 0 Å². The lowest BCUT2D eigenvalue weighted by Crippen LogP contribution is -2.27. The van der Waals surface area contributed by atoms with Crippen molar-refractivity contribution < 1.29 is 14.5 Å². The first-order valence-electron chi connectivity index (χ1n) is 7.51. The maximum Gasteiger partial charge on any atom is 0.271 e. The van der Waals surface area contributed by atoms with Crippen LogP contribution < -0.4 is 10.2 Å². The van der Waals surface area contributed by atoms with Crippen molar-refractivity contribution in [2.24, 2.45) is 0 Å². The quantitative estimate of drug-likeness (QED) is 0.691. The van der Waals surface area contributed by atoms with Crippen LogP contribution in [0.5, 0.6) is 0 Å². The number of nitro groups is 1. The van der Waals surface area contributed by atoms with Gasteiger partial charge < -0.3 is 10.2 Å². The average Bonchev–Trinajstić information content (AvgIpc) is 3.01. The molecule has 0 unspecified atom stereocenters. The Balaban J connectivity index is 1.87. The van der Waals surface area contributed by atoms with Gasteiger partial charge in [-0.15, -0.1) is 0 Å². The van der Waals surface area contributed by atoms with E-state index < -0.39 is 10.8 Å². The Hall–Kier alpha value is -3.22. The molecule has 24 heavy (non-hydrogen) atoms. The van der Waals surface area contributed by atoms with Gasteiger partial charge in [0, 0.05) is 30.8 Å². The lowest BCUT2D eigenvalue weighted by molar-refractivity contribution is -0.384. The van der Waals surface area contributed by atoms with Crippen molar-refractivity contribution in [3.63, 3.8) is 0 Å². The third-order valence-electron chi connectivity index (χ3n) is 3.83. The highest BCUT2D eigenvalue weighted by atomic mass is 16.6. The Morgan fingerprint density at radius 2 is 1.96 bits per heavy atom. The number of anilines is 2. The summed E-state index contributed by atoms with van der Waals surface area (Å²) >= 11 is 0. The summed E-state index contributed by atoms with van der Waals surface area (Å²) in [7, 11) is 0. The highest BCUT2D eigenvalue weighted by Gasteiger charge is 2.25. The molecule has 1 aliphatic heterocycles. The second-order valence-electron chi connectivity index (χ2n) is 5.43. The number of non-ortho nitro benzene ring substituents is 1. The van der Waals surface area contributed by atoms with Gasteiger partial charge in [0.05, 0.1) is 16.2 Å². The van der Waals surface area contributed by atoms with Gasteiger partial charge in [-0.2, -0.15) is 0 Å². The Labute approximate surface area is 138 Å². The fraction of sp³-hybridized carbons (Fsp3) is 0.176. The van der Waals surface area contributed by atoms with E-state index in [-0.39, 0.29) is 11.6 Å². The molecular weight excluding hydrogens is 310 g/mol. The zero-order chi connectivity index (χ0) is 17.1. The van der Waals surface area contributed by atoms with E-state index in [1.165, 1.54) is 18.2 Å². The molecule has 1 aliphatic rings. The number of hydrogen-bond donors (Lipinski definition) is 1. The summed E-state index contributed by atoms with van der Waals surface area (Å²) in [6, 6.07) is 12.6. The molecule has 0 atom stereocenters. The summed E-state index contributed by atoms with van der Waals surface area (Å²) in [5.74, 6) is -0.420. The van der Waals surface area contributed by atoms with Crippen LogP contribution in [-0.4, -0.2) is 23.3 Å². The van der Waals surface area contributed by atoms with Crippen LogP contribution in [-0.2, 0) is 4.79 Å². The number of carbonyl (C=O) groups excluding carboxylic acids is 2. The molecule has 1 heterocycles. The van der Waals surface area contributed by atoms with Crippen LogP contribution in [0, 0.1) is 10.1 Å². The van der Waals surface area contributed by atoms with Crippen LogP contribution in [0.25, 0.3) is 0 Å². The molecule has 122 valence electrons. The summed E-state index contributed by atoms with van der Waals surface area (Å²) < 4.78 is 0. The number of nitro benzene ring substituents is 1. The molecule has 2 amide bonds. The minimum atomic E-state index is -0.521. The molecule has 7 heteroatoms. The highest BCUT2D eigenvalue weighted by Crippen LogP contribution is 2.26. The first-order chi connectivity index (χ1) is 11.6. The number of hydrogen-bond acceptors (Lipinski definition) is 4. The fourth-order valence-electron chi connectivity index (χ4n) is 2.70. The third-order valence-corrected chi connectivity index (χ3v) is 3.83. The Bertz CT molecular complexity index is 819. The predicted molar refractivity (Wildman–Crippen MR) is 89.1 cm³/mol. The number of carbonyl (C=O) groups is 2. The van der Waals surface area contributed by atoms with Crippen molar-refractivity contribution in [2.75, 3.05) is 16.8 Å². The van der Waals surface area contributed by atoms with Crippen molar-refractivity contribution in [2.45, 2.75) is 12.8 Å². The summed E-state index contributed by atoms with van der Waals surface area (Å²) in [4.78, 5) is 36.4. The van der Waals surface area contributed by atoms with Crippen molar-refractivity contribution >= 4 is 28.9 Å². The van der Waals surface area contributed by atoms with Crippen LogP contribution in [0.2, 0.25) is 0 Å². The highest BCUT2D eigenvalue weighted by molar-refractivity contribution is 6.11. The Kier molecular flexibility index (Phi) is 4.24. The molecule has 7 nitrogen and oxygen atoms in total. The predicted octanol–water partition coefficient (Wildman–Crippen LogP) is 2.97. The van der Waals surface area contributed by atoms with Crippen molar-refractivity contribution in [3.05, 3.63) is 64.2 Å². The molecule has 0 bridgehead atoms. The summed E-state index contributed by atoms with van der Waals surface area (Å²) in [6.07, 6.45) is 1.24. The van der Waals surface area contributed by atoms with E-state index in [1.807, 2.05) is 0 Å². The molecule has 0 aromatic heterocycles. The van der Waals surface area contributed by atoms with Gasteiger partial charge in [-0.05, 0) is 24.6 Å². The molecule has 1 N–H and O–H groups in total. The SMILES string of the molecule is O=C(Nc1cccc([N+](=O)[O-])c1)c1ccccc1N1CCCC1=O. The number of nitrogens with zero attached hydrogens (tertiary/aromatic N) is 2. The van der Waals surface area contributed by atoms with Crippen LogP contribution in [0.15, 0.2) is 48.5 Å². The topological polar surface area (TPSA) is 92.5 Å². The maximum absolute atomic E-state index is 12.6. The summed E-state index contributed by atoms with van der Waals surface area (Å²) in [6.45, 7) is 0.583. The molecule has 2 aromatic rings. The second kappa shape index (κ2) is 6.49. The van der Waals surface area contributed by atoms with Gasteiger partial charge in [0.2, 0.25) is 5.91 Å². The fourth-order valence-corrected chi connectivity index (χ4v) is 2.70. The van der Waals surface area contributed by atoms with Gasteiger partial charge in [0.15, 0.2) is 0 Å². The van der Waals surface area contributed by atoms with Crippen LogP contribution >= 0.6 is 0 Å². The lowest BCUT2D eigenvalue weighted by atomic mass is 10.1. The van der Waals surface area contributed by atoms with Crippen LogP contribution in [0.3, 0.4) is 0 Å². The standard InChI is InChI=1S/C17H15N3O4/c21-16-9-4-10-19(16)15-8-2-1-7-14(15)17(22)18-12-5-3-6-13(11-12)20(23)24/h1-3,5-8,11H,4,9-10H2,(H,18,22). The molecule has 0 aliphatic carbocycles. The number of rotatable bonds is 4. The minimum Gasteiger partial charge on any atom is -0.322 e. The Morgan fingerprint density at radius 3 is 2.67 bits per heavy atom. The smallest absolute Gasteiger partial charge is 0.271 e. The van der Waals surface area contributed by atoms with E-state index in [4.69, 9.17) is 0 Å².